The van der Waals surface area contributed by atoms with Crippen LogP contribution in [0.5, 0.6) is 0 Å². The van der Waals surface area contributed by atoms with Gasteiger partial charge in [0.1, 0.15) is 43.2 Å². The third-order valence-electron chi connectivity index (χ3n) is 22.9. The molecule has 4 saturated heterocycles. The van der Waals surface area contributed by atoms with E-state index in [4.69, 9.17) is 71.4 Å². The van der Waals surface area contributed by atoms with Crippen LogP contribution < -0.4 is 16.0 Å². The Balaban J connectivity index is 0.000000318. The molecule has 5 N–H and O–H groups in total. The average molecular weight is 2170 g/mol. The summed E-state index contributed by atoms with van der Waals surface area (Å²) in [6.45, 7) is 19.7. The predicted molar refractivity (Wildman–Crippen MR) is 538 cm³/mol. The Morgan fingerprint density at radius 1 is 0.413 bits per heavy atom. The molecule has 46 nitrogen and oxygen atoms in total. The third kappa shape index (κ3) is 42.4. The van der Waals surface area contributed by atoms with Crippen LogP contribution in [0.1, 0.15) is 158 Å². The maximum Gasteiger partial charge on any atom is 0.407 e. The highest BCUT2D eigenvalue weighted by atomic mass is 32.2. The molecule has 0 radical (unpaired) electrons. The molecule has 150 heavy (non-hydrogen) atoms. The molecule has 2 unspecified atom stereocenters. The number of alkyl carbamates (subject to hydrolysis) is 3. The van der Waals surface area contributed by atoms with Crippen LogP contribution in [0.2, 0.25) is 0 Å². The number of nitro groups is 3. The van der Waals surface area contributed by atoms with Crippen LogP contribution in [0.3, 0.4) is 0 Å². The number of esters is 6. The molecule has 6 aromatic carbocycles. The van der Waals surface area contributed by atoms with E-state index in [0.717, 1.165) is 108 Å². The molecule has 14 atom stereocenters. The third-order valence-corrected chi connectivity index (χ3v) is 28.5. The molecule has 0 spiro atoms. The number of non-ortho nitro benzene ring substituents is 3. The first-order chi connectivity index (χ1) is 71.3. The number of aliphatic hydroxyl groups excluding tert-OH is 2. The van der Waals surface area contributed by atoms with Crippen molar-refractivity contribution in [1.29, 1.82) is 0 Å². The minimum atomic E-state index is -4.38. The fourth-order valence-corrected chi connectivity index (χ4v) is 20.8. The number of hydrogen-bond acceptors (Lipinski definition) is 37. The van der Waals surface area contributed by atoms with Crippen molar-refractivity contribution in [2.75, 3.05) is 98.7 Å². The summed E-state index contributed by atoms with van der Waals surface area (Å²) in [4.78, 5) is 145. The van der Waals surface area contributed by atoms with Crippen LogP contribution in [-0.2, 0) is 144 Å². The molecule has 4 aliphatic heterocycles. The van der Waals surface area contributed by atoms with E-state index in [9.17, 15) is 104 Å². The van der Waals surface area contributed by atoms with E-state index < -0.39 is 191 Å². The lowest BCUT2D eigenvalue weighted by atomic mass is 9.98. The second-order valence-corrected chi connectivity index (χ2v) is 42.4. The Hall–Kier alpha value is -12.4. The van der Waals surface area contributed by atoms with Crippen molar-refractivity contribution in [1.82, 2.24) is 28.9 Å². The molecule has 49 heteroatoms. The molecule has 10 rings (SSSR count). The molecule has 4 heterocycles. The minimum absolute atomic E-state index is 0.0156. The smallest absolute Gasteiger partial charge is 0.407 e. The first-order valence-electron chi connectivity index (χ1n) is 49.4. The Bertz CT molecular complexity index is 5620. The van der Waals surface area contributed by atoms with Crippen molar-refractivity contribution >= 4 is 101 Å². The van der Waals surface area contributed by atoms with Crippen molar-refractivity contribution in [3.63, 3.8) is 0 Å². The quantitative estimate of drug-likeness (QED) is 0.00778. The number of nitrogens with one attached hydrogen (secondary N) is 3. The fraction of sp³-hybridized carbons (Fsp3) is 0.554. The van der Waals surface area contributed by atoms with Crippen LogP contribution in [0.15, 0.2) is 178 Å². The zero-order valence-electron chi connectivity index (χ0n) is 86.1. The number of carbonyl (C=O) groups is 9. The summed E-state index contributed by atoms with van der Waals surface area (Å²) in [7, 11) is -12.7. The van der Waals surface area contributed by atoms with Gasteiger partial charge in [0.2, 0.25) is 30.1 Å². The molecule has 0 aromatic heterocycles. The molecular formula is C101H139N9O37S3. The maximum atomic E-state index is 14.3. The van der Waals surface area contributed by atoms with Crippen LogP contribution in [0, 0.1) is 48.1 Å². The van der Waals surface area contributed by atoms with E-state index in [0.29, 0.717) is 64.1 Å². The summed E-state index contributed by atoms with van der Waals surface area (Å²) in [6, 6.07) is 38.0. The van der Waals surface area contributed by atoms with Gasteiger partial charge in [-0.05, 0) is 116 Å². The van der Waals surface area contributed by atoms with Crippen LogP contribution >= 0.6 is 0 Å². The molecule has 828 valence electrons. The lowest BCUT2D eigenvalue weighted by molar-refractivity contribution is -0.385. The topological polar surface area (TPSA) is 601 Å². The maximum absolute atomic E-state index is 14.3. The van der Waals surface area contributed by atoms with E-state index in [1.54, 1.807) is 44.2 Å². The van der Waals surface area contributed by atoms with Crippen LogP contribution in [0.4, 0.5) is 31.4 Å². The Morgan fingerprint density at radius 2 is 0.733 bits per heavy atom. The van der Waals surface area contributed by atoms with E-state index in [1.807, 2.05) is 102 Å². The van der Waals surface area contributed by atoms with Crippen molar-refractivity contribution in [3.05, 3.63) is 211 Å². The summed E-state index contributed by atoms with van der Waals surface area (Å²) < 4.78 is 164. The van der Waals surface area contributed by atoms with Gasteiger partial charge in [-0.25, -0.2) is 39.6 Å². The Kier molecular flexibility index (Phi) is 52.3. The van der Waals surface area contributed by atoms with E-state index in [-0.39, 0.29) is 160 Å². The number of nitro benzene ring substituents is 3. The summed E-state index contributed by atoms with van der Waals surface area (Å²) in [6.07, 6.45) is -11.5. The van der Waals surface area contributed by atoms with Crippen molar-refractivity contribution in [2.45, 2.75) is 260 Å². The van der Waals surface area contributed by atoms with Gasteiger partial charge < -0.3 is 92.5 Å². The van der Waals surface area contributed by atoms with Crippen molar-refractivity contribution < 1.29 is 160 Å². The normalized spacial score (nSPS) is 18.7. The Morgan fingerprint density at radius 3 is 1.05 bits per heavy atom. The van der Waals surface area contributed by atoms with Gasteiger partial charge in [0.05, 0.1) is 106 Å². The van der Waals surface area contributed by atoms with Gasteiger partial charge in [0, 0.05) is 136 Å². The summed E-state index contributed by atoms with van der Waals surface area (Å²) in [5, 5.41) is 62.1. The second-order valence-electron chi connectivity index (χ2n) is 36.6. The second kappa shape index (κ2) is 63.0. The van der Waals surface area contributed by atoms with Crippen LogP contribution in [-0.4, -0.2) is 301 Å². The molecule has 4 aliphatic rings. The van der Waals surface area contributed by atoms with Crippen LogP contribution in [0.25, 0.3) is 0 Å². The number of rotatable bonds is 53. The zero-order chi connectivity index (χ0) is 110. The number of carbonyl (C=O) groups excluding carboxylic acids is 9. The van der Waals surface area contributed by atoms with Gasteiger partial charge in [0.15, 0.2) is 24.6 Å². The number of sulfonamides is 3. The molecule has 0 bridgehead atoms. The highest BCUT2D eigenvalue weighted by Crippen LogP contribution is 2.33. The Labute approximate surface area is 872 Å². The lowest BCUT2D eigenvalue weighted by Crippen LogP contribution is -2.63. The standard InChI is InChI=1S/C44H59N3O19S.C30H41N3O10S.C25H33N3O8S.C2H6/c1-27(2)23-46(67(56,57)35-17-15-33(16-18-35)47(54)55)24-37(36(22-32-12-8-7-9-13-32)45-44(53)64-34-19-21-58-25-34)65-39(52)14-10-11-20-59-43-42(63-31(6)51)41(62-30(5)50)40(61-29(4)49)38(66-43)26-60-28(3)48;1-22(2)19-32(44(39,40)26-13-11-24(12-14-26)33(37)38)20-28(43-29(35)10-6-7-16-34)27(18-23-8-4-3-5-9-23)31-30(36)42-25-15-17-41-21-25;1-18(2)15-27(37(33,34)22-10-8-20(9-11-22)28(31)32)16-24(29)23(14-19-6-4-3-5-7-19)26-25(30)36-21-12-13-35-17-21;1-2/h7-9,12-13,15-18,27,34,36-38,40-43H,10-11,14,19-26H2,1-6H3,(H,45,53);3-5,8-9,11-14,22,25,27-28,34H,6-7,10,15-21H2,1-2H3,(H,31,36);3-11,18,21,23-24,29H,12-17H2,1-2H3,(H,26,30);1-2H3/t34-,36-,37+,38?,40+,41-,42?,43+;25-,27-,28+;21-,23-,24+;/m000./s1. The summed E-state index contributed by atoms with van der Waals surface area (Å²) in [5.41, 5.74) is 1.55. The molecule has 0 aliphatic carbocycles. The number of ether oxygens (including phenoxy) is 14. The van der Waals surface area contributed by atoms with Gasteiger partial charge >= 0.3 is 54.1 Å². The minimum Gasteiger partial charge on any atom is -0.463 e. The lowest BCUT2D eigenvalue weighted by Gasteiger charge is -2.44. The molecular weight excluding hydrogens is 2030 g/mol. The number of aliphatic hydroxyl groups is 2. The van der Waals surface area contributed by atoms with Gasteiger partial charge in [0.25, 0.3) is 17.1 Å². The SMILES string of the molecule is CC.CC(=O)OCC1O[C@@H](OCCCCC(=O)O[C@H](CN(CC(C)C)S(=O)(=O)c2ccc([N+](=O)[O-])cc2)[C@H](Cc2ccccc2)NC(=O)O[C@H]2CCOC2)C(OC(C)=O)[C@@H](OC(C)=O)[C@@H]1OC(C)=O.CC(C)CN(C[C@@H](O)[C@H](Cc1ccccc1)NC(=O)O[C@H]1CCOC1)S(=O)(=O)c1ccc([N+](=O)[O-])cc1.CC(C)CN(C[C@@H](OC(=O)CCCCO)[C@H](Cc1ccccc1)NC(=O)O[C@H]1CCOC1)S(=O)(=O)c1ccc([N+](=O)[O-])cc1. The van der Waals surface area contributed by atoms with Gasteiger partial charge in [-0.2, -0.15) is 12.9 Å². The highest BCUT2D eigenvalue weighted by molar-refractivity contribution is 7.89. The van der Waals surface area contributed by atoms with Crippen molar-refractivity contribution in [2.24, 2.45) is 17.8 Å². The number of unbranched alkanes of at least 4 members (excludes halogenated alkanes) is 2. The molecule has 4 fully saturated rings. The number of hydrogen-bond donors (Lipinski definition) is 5. The fourth-order valence-electron chi connectivity index (χ4n) is 15.9. The number of amides is 3. The molecule has 3 amide bonds. The zero-order valence-corrected chi connectivity index (χ0v) is 88.5. The first-order valence-corrected chi connectivity index (χ1v) is 53.7. The summed E-state index contributed by atoms with van der Waals surface area (Å²) >= 11 is 0. The van der Waals surface area contributed by atoms with Gasteiger partial charge in [-0.1, -0.05) is 146 Å². The molecule has 6 aromatic rings. The van der Waals surface area contributed by atoms with Crippen molar-refractivity contribution in [3.8, 4) is 0 Å². The predicted octanol–water partition coefficient (Wildman–Crippen LogP) is 10.7. The number of benzene rings is 6. The largest absolute Gasteiger partial charge is 0.463 e. The summed E-state index contributed by atoms with van der Waals surface area (Å²) in [5.74, 6) is -4.98. The van der Waals surface area contributed by atoms with E-state index >= 15 is 0 Å². The van der Waals surface area contributed by atoms with E-state index in [2.05, 4.69) is 16.0 Å². The monoisotopic (exact) mass is 2170 g/mol. The molecule has 0 saturated carbocycles. The van der Waals surface area contributed by atoms with E-state index in [1.165, 1.54) is 16.4 Å². The number of nitrogens with zero attached hydrogens (tertiary/aromatic N) is 6. The highest BCUT2D eigenvalue weighted by Gasteiger charge is 2.53. The first kappa shape index (κ1) is 125. The van der Waals surface area contributed by atoms with Gasteiger partial charge in [-0.15, -0.1) is 0 Å². The van der Waals surface area contributed by atoms with Gasteiger partial charge in [-0.3, -0.25) is 59.1 Å². The average Bonchev–Trinajstić information content (AvgIpc) is 0.921.